The van der Waals surface area contributed by atoms with Crippen LogP contribution in [-0.4, -0.2) is 39.5 Å². The van der Waals surface area contributed by atoms with Gasteiger partial charge in [-0.25, -0.2) is 8.42 Å². The Morgan fingerprint density at radius 1 is 1.32 bits per heavy atom. The van der Waals surface area contributed by atoms with Crippen molar-refractivity contribution in [3.63, 3.8) is 0 Å². The molecule has 5 nitrogen and oxygen atoms in total. The van der Waals surface area contributed by atoms with Crippen LogP contribution in [0.1, 0.15) is 19.4 Å². The van der Waals surface area contributed by atoms with Crippen molar-refractivity contribution < 1.29 is 13.2 Å². The van der Waals surface area contributed by atoms with Gasteiger partial charge >= 0.3 is 0 Å². The summed E-state index contributed by atoms with van der Waals surface area (Å²) in [5.41, 5.74) is 6.95. The van der Waals surface area contributed by atoms with E-state index in [1.165, 1.54) is 10.4 Å². The summed E-state index contributed by atoms with van der Waals surface area (Å²) in [7, 11) is -1.96. The Labute approximate surface area is 115 Å². The average Bonchev–Trinajstić information content (AvgIpc) is 2.39. The number of sulfonamides is 1. The van der Waals surface area contributed by atoms with Crippen LogP contribution >= 0.6 is 0 Å². The van der Waals surface area contributed by atoms with Gasteiger partial charge in [0, 0.05) is 25.9 Å². The van der Waals surface area contributed by atoms with Gasteiger partial charge in [0.2, 0.25) is 10.0 Å². The number of benzene rings is 1. The number of nitrogens with two attached hydrogens (primary N) is 1. The summed E-state index contributed by atoms with van der Waals surface area (Å²) in [4.78, 5) is 0.299. The third-order valence-corrected chi connectivity index (χ3v) is 5.04. The normalized spacial score (nSPS) is 12.0. The topological polar surface area (TPSA) is 72.6 Å². The molecule has 0 unspecified atom stereocenters. The molecular formula is C13H22N2O3S. The molecule has 19 heavy (non-hydrogen) atoms. The largest absolute Gasteiger partial charge is 0.399 e. The minimum atomic E-state index is -3.52. The molecule has 0 amide bonds. The van der Waals surface area contributed by atoms with E-state index in [9.17, 15) is 8.42 Å². The lowest BCUT2D eigenvalue weighted by Gasteiger charge is -2.21. The van der Waals surface area contributed by atoms with Crippen LogP contribution in [0.15, 0.2) is 23.1 Å². The number of nitrogen functional groups attached to an aromatic ring is 1. The number of ether oxygens (including phenoxy) is 1. The molecule has 0 aliphatic heterocycles. The molecule has 0 bridgehead atoms. The highest BCUT2D eigenvalue weighted by molar-refractivity contribution is 7.89. The zero-order valence-corrected chi connectivity index (χ0v) is 12.5. The fourth-order valence-corrected chi connectivity index (χ4v) is 3.65. The SMILES string of the molecule is CCc1ccc(N)cc1S(=O)(=O)N(CC)CCOC. The summed E-state index contributed by atoms with van der Waals surface area (Å²) >= 11 is 0. The summed E-state index contributed by atoms with van der Waals surface area (Å²) in [6.45, 7) is 4.86. The van der Waals surface area contributed by atoms with Crippen molar-refractivity contribution in [2.75, 3.05) is 32.5 Å². The molecule has 0 aromatic heterocycles. The lowest BCUT2D eigenvalue weighted by molar-refractivity contribution is 0.180. The van der Waals surface area contributed by atoms with Crippen molar-refractivity contribution in [3.05, 3.63) is 23.8 Å². The van der Waals surface area contributed by atoms with Gasteiger partial charge in [-0.2, -0.15) is 4.31 Å². The number of rotatable bonds is 7. The van der Waals surface area contributed by atoms with Gasteiger partial charge in [-0.3, -0.25) is 0 Å². The average molecular weight is 286 g/mol. The van der Waals surface area contributed by atoms with Crippen molar-refractivity contribution in [1.82, 2.24) is 4.31 Å². The molecule has 1 aromatic rings. The van der Waals surface area contributed by atoms with Gasteiger partial charge in [0.05, 0.1) is 11.5 Å². The van der Waals surface area contributed by atoms with Crippen LogP contribution in [0, 0.1) is 0 Å². The maximum atomic E-state index is 12.6. The van der Waals surface area contributed by atoms with Crippen molar-refractivity contribution in [1.29, 1.82) is 0 Å². The Kier molecular flexibility index (Phi) is 5.78. The van der Waals surface area contributed by atoms with Crippen LogP contribution in [-0.2, 0) is 21.2 Å². The standard InChI is InChI=1S/C13H22N2O3S/c1-4-11-6-7-12(14)10-13(11)19(16,17)15(5-2)8-9-18-3/h6-7,10H,4-5,8-9,14H2,1-3H3. The molecule has 0 saturated carbocycles. The summed E-state index contributed by atoms with van der Waals surface area (Å²) in [5, 5.41) is 0. The second-order valence-electron chi connectivity index (χ2n) is 4.21. The number of nitrogens with zero attached hydrogens (tertiary/aromatic N) is 1. The van der Waals surface area contributed by atoms with Crippen LogP contribution in [0.3, 0.4) is 0 Å². The second kappa shape index (κ2) is 6.88. The Bertz CT molecular complexity index is 515. The number of methoxy groups -OCH3 is 1. The molecule has 6 heteroatoms. The lowest BCUT2D eigenvalue weighted by atomic mass is 10.1. The minimum absolute atomic E-state index is 0.299. The van der Waals surface area contributed by atoms with Crippen molar-refractivity contribution in [2.24, 2.45) is 0 Å². The first kappa shape index (κ1) is 15.9. The molecule has 0 radical (unpaired) electrons. The quantitative estimate of drug-likeness (QED) is 0.771. The Morgan fingerprint density at radius 2 is 2.00 bits per heavy atom. The lowest BCUT2D eigenvalue weighted by Crippen LogP contribution is -2.34. The Balaban J connectivity index is 3.20. The predicted octanol–water partition coefficient (Wildman–Crippen LogP) is 1.49. The highest BCUT2D eigenvalue weighted by atomic mass is 32.2. The second-order valence-corrected chi connectivity index (χ2v) is 6.12. The van der Waals surface area contributed by atoms with E-state index in [1.54, 1.807) is 19.2 Å². The first-order chi connectivity index (χ1) is 8.97. The number of anilines is 1. The van der Waals surface area contributed by atoms with E-state index < -0.39 is 10.0 Å². The van der Waals surface area contributed by atoms with E-state index in [0.717, 1.165) is 5.56 Å². The smallest absolute Gasteiger partial charge is 0.243 e. The number of hydrogen-bond acceptors (Lipinski definition) is 4. The molecule has 0 saturated heterocycles. The fraction of sp³-hybridized carbons (Fsp3) is 0.538. The molecule has 2 N–H and O–H groups in total. The zero-order valence-electron chi connectivity index (χ0n) is 11.7. The van der Waals surface area contributed by atoms with Gasteiger partial charge in [0.25, 0.3) is 0 Å². The molecule has 0 fully saturated rings. The molecule has 108 valence electrons. The molecule has 0 atom stereocenters. The summed E-state index contributed by atoms with van der Waals surface area (Å²) in [6, 6.07) is 5.03. The van der Waals surface area contributed by atoms with Crippen LogP contribution in [0.25, 0.3) is 0 Å². The van der Waals surface area contributed by atoms with Crippen LogP contribution in [0.5, 0.6) is 0 Å². The number of hydrogen-bond donors (Lipinski definition) is 1. The third kappa shape index (κ3) is 3.68. The van der Waals surface area contributed by atoms with Gasteiger partial charge < -0.3 is 10.5 Å². The van der Waals surface area contributed by atoms with Crippen molar-refractivity contribution in [2.45, 2.75) is 25.2 Å². The van der Waals surface area contributed by atoms with Gasteiger partial charge in [0.1, 0.15) is 0 Å². The van der Waals surface area contributed by atoms with Crippen LogP contribution in [0.2, 0.25) is 0 Å². The van der Waals surface area contributed by atoms with Gasteiger partial charge in [-0.05, 0) is 24.1 Å². The number of aryl methyl sites for hydroxylation is 1. The first-order valence-corrected chi connectivity index (χ1v) is 7.78. The highest BCUT2D eigenvalue weighted by Crippen LogP contribution is 2.23. The summed E-state index contributed by atoms with van der Waals surface area (Å²) < 4.78 is 31.6. The summed E-state index contributed by atoms with van der Waals surface area (Å²) in [6.07, 6.45) is 0.649. The van der Waals surface area contributed by atoms with E-state index in [4.69, 9.17) is 10.5 Å². The maximum Gasteiger partial charge on any atom is 0.243 e. The first-order valence-electron chi connectivity index (χ1n) is 6.34. The van der Waals surface area contributed by atoms with Crippen molar-refractivity contribution in [3.8, 4) is 0 Å². The van der Waals surface area contributed by atoms with Gasteiger partial charge in [-0.15, -0.1) is 0 Å². The molecular weight excluding hydrogens is 264 g/mol. The van der Waals surface area contributed by atoms with E-state index >= 15 is 0 Å². The van der Waals surface area contributed by atoms with E-state index in [2.05, 4.69) is 0 Å². The highest BCUT2D eigenvalue weighted by Gasteiger charge is 2.25. The Hall–Kier alpha value is -1.11. The number of likely N-dealkylation sites (N-methyl/N-ethyl adjacent to an activating group) is 1. The molecule has 0 heterocycles. The predicted molar refractivity (Wildman–Crippen MR) is 76.5 cm³/mol. The van der Waals surface area contributed by atoms with E-state index in [0.29, 0.717) is 36.7 Å². The minimum Gasteiger partial charge on any atom is -0.399 e. The fourth-order valence-electron chi connectivity index (χ4n) is 1.88. The van der Waals surface area contributed by atoms with Crippen LogP contribution in [0.4, 0.5) is 5.69 Å². The zero-order chi connectivity index (χ0) is 14.5. The molecule has 1 rings (SSSR count). The summed E-state index contributed by atoms with van der Waals surface area (Å²) in [5.74, 6) is 0. The van der Waals surface area contributed by atoms with E-state index in [1.807, 2.05) is 13.8 Å². The molecule has 0 aliphatic carbocycles. The third-order valence-electron chi connectivity index (χ3n) is 2.99. The van der Waals surface area contributed by atoms with Crippen LogP contribution < -0.4 is 5.73 Å². The molecule has 0 spiro atoms. The maximum absolute atomic E-state index is 12.6. The van der Waals surface area contributed by atoms with Gasteiger partial charge in [0.15, 0.2) is 0 Å². The molecule has 0 aliphatic rings. The van der Waals surface area contributed by atoms with Crippen molar-refractivity contribution >= 4 is 15.7 Å². The Morgan fingerprint density at radius 3 is 2.53 bits per heavy atom. The molecule has 1 aromatic carbocycles. The monoisotopic (exact) mass is 286 g/mol. The van der Waals surface area contributed by atoms with E-state index in [-0.39, 0.29) is 0 Å². The van der Waals surface area contributed by atoms with Gasteiger partial charge in [-0.1, -0.05) is 19.9 Å².